The fraction of sp³-hybridized carbons (Fsp3) is 0.556. The third-order valence-electron chi connectivity index (χ3n) is 4.66. The highest BCUT2D eigenvalue weighted by atomic mass is 16.5. The second kappa shape index (κ2) is 7.77. The molecule has 1 aromatic rings. The highest BCUT2D eigenvalue weighted by Gasteiger charge is 2.41. The van der Waals surface area contributed by atoms with Crippen LogP contribution in [0.3, 0.4) is 0 Å². The molecule has 0 aliphatic carbocycles. The maximum atomic E-state index is 12.8. The molecule has 0 saturated carbocycles. The quantitative estimate of drug-likeness (QED) is 0.856. The van der Waals surface area contributed by atoms with Gasteiger partial charge in [0.2, 0.25) is 5.91 Å². The second-order valence-electron chi connectivity index (χ2n) is 6.42. The Morgan fingerprint density at radius 1 is 1.25 bits per heavy atom. The number of carbonyl (C=O) groups excluding carboxylic acids is 2. The van der Waals surface area contributed by atoms with E-state index in [4.69, 9.17) is 4.74 Å². The van der Waals surface area contributed by atoms with Gasteiger partial charge in [0.15, 0.2) is 0 Å². The summed E-state index contributed by atoms with van der Waals surface area (Å²) in [6.45, 7) is 5.38. The van der Waals surface area contributed by atoms with Crippen molar-refractivity contribution in [1.82, 2.24) is 10.2 Å². The van der Waals surface area contributed by atoms with E-state index in [2.05, 4.69) is 10.6 Å². The maximum Gasteiger partial charge on any atom is 0.255 e. The summed E-state index contributed by atoms with van der Waals surface area (Å²) in [4.78, 5) is 26.6. The Morgan fingerprint density at radius 3 is 2.38 bits per heavy atom. The first-order valence-corrected chi connectivity index (χ1v) is 8.27. The van der Waals surface area contributed by atoms with Gasteiger partial charge in [-0.25, -0.2) is 0 Å². The molecule has 1 aliphatic heterocycles. The normalized spacial score (nSPS) is 16.5. The maximum absolute atomic E-state index is 12.8. The molecule has 1 fully saturated rings. The molecule has 2 amide bonds. The molecule has 132 valence electrons. The molecule has 0 bridgehead atoms. The molecule has 0 unspecified atom stereocenters. The lowest BCUT2D eigenvalue weighted by molar-refractivity contribution is -0.157. The zero-order valence-corrected chi connectivity index (χ0v) is 14.9. The number of nitrogens with one attached hydrogen (secondary N) is 2. The standard InChI is InChI=1S/C18H27N3O3/c1-13-6-5-7-14(2)16(13)20-15(22)12-21(3)17(23)18(24-4)8-10-19-11-9-18/h5-7,19H,8-12H2,1-4H3,(H,20,22). The number of ether oxygens (including phenoxy) is 1. The van der Waals surface area contributed by atoms with Crippen LogP contribution in [0.15, 0.2) is 18.2 Å². The fourth-order valence-corrected chi connectivity index (χ4v) is 3.16. The zero-order chi connectivity index (χ0) is 17.7. The van der Waals surface area contributed by atoms with Gasteiger partial charge in [0.25, 0.3) is 5.91 Å². The number of hydrogen-bond donors (Lipinski definition) is 2. The van der Waals surface area contributed by atoms with E-state index in [1.807, 2.05) is 32.0 Å². The minimum absolute atomic E-state index is 0.00511. The first kappa shape index (κ1) is 18.4. The monoisotopic (exact) mass is 333 g/mol. The first-order chi connectivity index (χ1) is 11.4. The van der Waals surface area contributed by atoms with Crippen molar-refractivity contribution in [2.45, 2.75) is 32.3 Å². The van der Waals surface area contributed by atoms with Gasteiger partial charge in [-0.2, -0.15) is 0 Å². The van der Waals surface area contributed by atoms with Gasteiger partial charge in [-0.1, -0.05) is 18.2 Å². The van der Waals surface area contributed by atoms with Gasteiger partial charge in [0.1, 0.15) is 5.60 Å². The van der Waals surface area contributed by atoms with E-state index in [-0.39, 0.29) is 18.4 Å². The summed E-state index contributed by atoms with van der Waals surface area (Å²) in [7, 11) is 3.21. The van der Waals surface area contributed by atoms with Crippen LogP contribution in [0.1, 0.15) is 24.0 Å². The molecule has 2 rings (SSSR count). The number of anilines is 1. The van der Waals surface area contributed by atoms with Gasteiger partial charge in [0.05, 0.1) is 6.54 Å². The van der Waals surface area contributed by atoms with E-state index >= 15 is 0 Å². The molecule has 0 atom stereocenters. The van der Waals surface area contributed by atoms with Gasteiger partial charge in [-0.3, -0.25) is 9.59 Å². The molecule has 6 heteroatoms. The number of nitrogens with zero attached hydrogens (tertiary/aromatic N) is 1. The number of hydrogen-bond acceptors (Lipinski definition) is 4. The number of rotatable bonds is 5. The number of piperidine rings is 1. The fourth-order valence-electron chi connectivity index (χ4n) is 3.16. The second-order valence-corrected chi connectivity index (χ2v) is 6.42. The molecule has 6 nitrogen and oxygen atoms in total. The summed E-state index contributed by atoms with van der Waals surface area (Å²) >= 11 is 0. The van der Waals surface area contributed by atoms with Crippen molar-refractivity contribution >= 4 is 17.5 Å². The number of benzene rings is 1. The van der Waals surface area contributed by atoms with Crippen molar-refractivity contribution in [3.8, 4) is 0 Å². The molecule has 0 radical (unpaired) electrons. The summed E-state index contributed by atoms with van der Waals surface area (Å²) in [6, 6.07) is 5.86. The van der Waals surface area contributed by atoms with E-state index in [1.165, 1.54) is 4.90 Å². The largest absolute Gasteiger partial charge is 0.368 e. The first-order valence-electron chi connectivity index (χ1n) is 8.27. The average molecular weight is 333 g/mol. The number of methoxy groups -OCH3 is 1. The Kier molecular flexibility index (Phi) is 5.96. The van der Waals surface area contributed by atoms with Crippen LogP contribution in [0.4, 0.5) is 5.69 Å². The van der Waals surface area contributed by atoms with E-state index in [1.54, 1.807) is 14.2 Å². The minimum Gasteiger partial charge on any atom is -0.368 e. The lowest BCUT2D eigenvalue weighted by Crippen LogP contribution is -2.55. The van der Waals surface area contributed by atoms with Crippen molar-refractivity contribution in [3.05, 3.63) is 29.3 Å². The SMILES string of the molecule is COC1(C(=O)N(C)CC(=O)Nc2c(C)cccc2C)CCNCC1. The van der Waals surface area contributed by atoms with Gasteiger partial charge in [-0.15, -0.1) is 0 Å². The number of carbonyl (C=O) groups is 2. The third-order valence-corrected chi connectivity index (χ3v) is 4.66. The third kappa shape index (κ3) is 3.94. The van der Waals surface area contributed by atoms with Crippen LogP contribution >= 0.6 is 0 Å². The number of amides is 2. The molecule has 1 aliphatic rings. The van der Waals surface area contributed by atoms with Crippen molar-refractivity contribution in [3.63, 3.8) is 0 Å². The Hall–Kier alpha value is -1.92. The van der Waals surface area contributed by atoms with Gasteiger partial charge < -0.3 is 20.3 Å². The van der Waals surface area contributed by atoms with E-state index in [9.17, 15) is 9.59 Å². The topological polar surface area (TPSA) is 70.7 Å². The molecule has 0 spiro atoms. The number of aryl methyl sites for hydroxylation is 2. The van der Waals surface area contributed by atoms with E-state index < -0.39 is 5.60 Å². The summed E-state index contributed by atoms with van der Waals surface area (Å²) in [5.74, 6) is -0.341. The molecular weight excluding hydrogens is 306 g/mol. The van der Waals surface area contributed by atoms with E-state index in [0.29, 0.717) is 12.8 Å². The number of likely N-dealkylation sites (N-methyl/N-ethyl adjacent to an activating group) is 1. The Bertz CT molecular complexity index is 589. The van der Waals surface area contributed by atoms with E-state index in [0.717, 1.165) is 29.9 Å². The van der Waals surface area contributed by atoms with Gasteiger partial charge in [0, 0.05) is 19.8 Å². The number of para-hydroxylation sites is 1. The van der Waals surface area contributed by atoms with Crippen LogP contribution in [0.25, 0.3) is 0 Å². The van der Waals surface area contributed by atoms with Gasteiger partial charge >= 0.3 is 0 Å². The molecule has 1 aromatic carbocycles. The summed E-state index contributed by atoms with van der Waals surface area (Å²) in [5.41, 5.74) is 2.00. The predicted octanol–water partition coefficient (Wildman–Crippen LogP) is 1.47. The van der Waals surface area contributed by atoms with Crippen LogP contribution in [0, 0.1) is 13.8 Å². The predicted molar refractivity (Wildman–Crippen MR) is 94.0 cm³/mol. The smallest absolute Gasteiger partial charge is 0.255 e. The molecule has 2 N–H and O–H groups in total. The molecule has 1 heterocycles. The Balaban J connectivity index is 2.01. The Morgan fingerprint density at radius 2 is 1.83 bits per heavy atom. The van der Waals surface area contributed by atoms with Crippen molar-refractivity contribution in [1.29, 1.82) is 0 Å². The lowest BCUT2D eigenvalue weighted by Gasteiger charge is -2.37. The van der Waals surface area contributed by atoms with Crippen LogP contribution < -0.4 is 10.6 Å². The summed E-state index contributed by atoms with van der Waals surface area (Å²) < 4.78 is 5.54. The molecular formula is C18H27N3O3. The summed E-state index contributed by atoms with van der Waals surface area (Å²) in [6.07, 6.45) is 1.23. The molecule has 0 aromatic heterocycles. The average Bonchev–Trinajstić information content (AvgIpc) is 2.58. The highest BCUT2D eigenvalue weighted by Crippen LogP contribution is 2.25. The molecule has 1 saturated heterocycles. The minimum atomic E-state index is -0.821. The van der Waals surface area contributed by atoms with Gasteiger partial charge in [-0.05, 0) is 50.9 Å². The van der Waals surface area contributed by atoms with Crippen LogP contribution in [-0.2, 0) is 14.3 Å². The zero-order valence-electron chi connectivity index (χ0n) is 14.9. The van der Waals surface area contributed by atoms with Crippen molar-refractivity contribution in [2.75, 3.05) is 39.1 Å². The van der Waals surface area contributed by atoms with Crippen LogP contribution in [0.2, 0.25) is 0 Å². The van der Waals surface area contributed by atoms with Crippen molar-refractivity contribution < 1.29 is 14.3 Å². The van der Waals surface area contributed by atoms with Crippen LogP contribution in [0.5, 0.6) is 0 Å². The summed E-state index contributed by atoms with van der Waals surface area (Å²) in [5, 5.41) is 6.14. The Labute approximate surface area is 143 Å². The lowest BCUT2D eigenvalue weighted by atomic mass is 9.90. The highest BCUT2D eigenvalue weighted by molar-refractivity contribution is 5.96. The molecule has 24 heavy (non-hydrogen) atoms. The van der Waals surface area contributed by atoms with Crippen molar-refractivity contribution in [2.24, 2.45) is 0 Å². The van der Waals surface area contributed by atoms with Crippen LogP contribution in [-0.4, -0.2) is 56.1 Å².